The second-order valence-corrected chi connectivity index (χ2v) is 7.90. The predicted octanol–water partition coefficient (Wildman–Crippen LogP) is 6.80. The minimum Gasteiger partial charge on any atom is -0.487 e. The molecular formula is C26H23F4N3O2. The maximum atomic E-state index is 13.9. The predicted molar refractivity (Wildman–Crippen MR) is 123 cm³/mol. The van der Waals surface area contributed by atoms with E-state index in [1.165, 1.54) is 24.0 Å². The second kappa shape index (κ2) is 11.0. The maximum absolute atomic E-state index is 13.9. The molecule has 0 aliphatic rings. The number of aromatic nitrogens is 3. The smallest absolute Gasteiger partial charge is 0.416 e. The summed E-state index contributed by atoms with van der Waals surface area (Å²) in [7, 11) is 0. The van der Waals surface area contributed by atoms with Crippen molar-refractivity contribution >= 4 is 12.2 Å². The lowest BCUT2D eigenvalue weighted by molar-refractivity contribution is -0.137. The van der Waals surface area contributed by atoms with E-state index in [0.29, 0.717) is 17.5 Å². The van der Waals surface area contributed by atoms with Crippen LogP contribution in [0.15, 0.2) is 71.6 Å². The fraction of sp³-hybridized carbons (Fsp3) is 0.231. The van der Waals surface area contributed by atoms with E-state index in [1.54, 1.807) is 6.20 Å². The van der Waals surface area contributed by atoms with Gasteiger partial charge in [-0.1, -0.05) is 18.2 Å². The van der Waals surface area contributed by atoms with Gasteiger partial charge in [-0.05, 0) is 61.2 Å². The number of alkyl halides is 3. The number of hydrogen-bond donors (Lipinski definition) is 0. The zero-order chi connectivity index (χ0) is 24.7. The van der Waals surface area contributed by atoms with Crippen molar-refractivity contribution in [2.45, 2.75) is 38.6 Å². The van der Waals surface area contributed by atoms with Crippen LogP contribution in [-0.2, 0) is 25.7 Å². The number of aryl methyl sites for hydroxylation is 2. The maximum Gasteiger partial charge on any atom is 0.416 e. The lowest BCUT2D eigenvalue weighted by Gasteiger charge is -2.07. The number of oxazole rings is 1. The van der Waals surface area contributed by atoms with Crippen molar-refractivity contribution in [3.05, 3.63) is 101 Å². The Balaban J connectivity index is 1.24. The Morgan fingerprint density at radius 3 is 2.57 bits per heavy atom. The second-order valence-electron chi connectivity index (χ2n) is 7.90. The summed E-state index contributed by atoms with van der Waals surface area (Å²) in [4.78, 5) is 4.23. The molecule has 0 amide bonds. The quantitative estimate of drug-likeness (QED) is 0.183. The van der Waals surface area contributed by atoms with E-state index in [0.717, 1.165) is 37.9 Å². The summed E-state index contributed by atoms with van der Waals surface area (Å²) in [5.41, 5.74) is 0.707. The van der Waals surface area contributed by atoms with Crippen LogP contribution < -0.4 is 4.74 Å². The fourth-order valence-corrected chi connectivity index (χ4v) is 3.41. The highest BCUT2D eigenvalue weighted by Gasteiger charge is 2.30. The monoisotopic (exact) mass is 485 g/mol. The van der Waals surface area contributed by atoms with E-state index < -0.39 is 17.6 Å². The lowest BCUT2D eigenvalue weighted by atomic mass is 10.1. The number of benzene rings is 2. The Hall–Kier alpha value is -3.88. The number of hydrogen-bond acceptors (Lipinski definition) is 4. The number of rotatable bonds is 10. The summed E-state index contributed by atoms with van der Waals surface area (Å²) in [5.74, 6) is -0.0990. The molecule has 0 saturated carbocycles. The highest BCUT2D eigenvalue weighted by atomic mass is 19.4. The van der Waals surface area contributed by atoms with Gasteiger partial charge in [0.05, 0.1) is 5.56 Å². The van der Waals surface area contributed by atoms with Crippen LogP contribution in [0.5, 0.6) is 5.75 Å². The molecule has 4 aromatic rings. The van der Waals surface area contributed by atoms with Gasteiger partial charge in [0.25, 0.3) is 0 Å². The van der Waals surface area contributed by atoms with Crippen molar-refractivity contribution in [2.24, 2.45) is 0 Å². The highest BCUT2D eigenvalue weighted by molar-refractivity contribution is 5.66. The van der Waals surface area contributed by atoms with Crippen molar-refractivity contribution in [1.29, 1.82) is 0 Å². The van der Waals surface area contributed by atoms with Crippen LogP contribution in [0.1, 0.15) is 41.1 Å². The molecule has 0 saturated heterocycles. The van der Waals surface area contributed by atoms with Gasteiger partial charge in [-0.3, -0.25) is 4.68 Å². The molecule has 0 atom stereocenters. The van der Waals surface area contributed by atoms with Crippen LogP contribution in [-0.4, -0.2) is 14.8 Å². The molecule has 182 valence electrons. The van der Waals surface area contributed by atoms with Gasteiger partial charge in [0.2, 0.25) is 5.89 Å². The fourth-order valence-electron chi connectivity index (χ4n) is 3.41. The third kappa shape index (κ3) is 7.05. The number of nitrogens with zero attached hydrogens (tertiary/aromatic N) is 3. The molecule has 2 aromatic carbocycles. The van der Waals surface area contributed by atoms with Crippen molar-refractivity contribution in [3.63, 3.8) is 0 Å². The number of ether oxygens (including phenoxy) is 1. The summed E-state index contributed by atoms with van der Waals surface area (Å²) in [6.45, 7) is 1.08. The molecule has 2 heterocycles. The molecular weight excluding hydrogens is 462 g/mol. The van der Waals surface area contributed by atoms with Crippen LogP contribution in [0, 0.1) is 5.82 Å². The van der Waals surface area contributed by atoms with Gasteiger partial charge in [-0.2, -0.15) is 18.3 Å². The van der Waals surface area contributed by atoms with E-state index in [2.05, 4.69) is 10.1 Å². The van der Waals surface area contributed by atoms with Crippen LogP contribution in [0.25, 0.3) is 12.2 Å². The standard InChI is InChI=1S/C26H23F4N3O2/c27-24-16-21(26(28,29)30)9-7-20(24)8-12-25-32-22(18-35-25)17-34-23-10-5-19(6-11-23)4-1-2-14-33-15-3-13-31-33/h3,5-13,15-16,18H,1-2,4,14,17H2. The van der Waals surface area contributed by atoms with Gasteiger partial charge in [0, 0.05) is 30.6 Å². The van der Waals surface area contributed by atoms with Gasteiger partial charge < -0.3 is 9.15 Å². The minimum atomic E-state index is -4.60. The van der Waals surface area contributed by atoms with Crippen LogP contribution in [0.4, 0.5) is 17.6 Å². The molecule has 0 spiro atoms. The molecule has 0 unspecified atom stereocenters. The van der Waals surface area contributed by atoms with E-state index in [4.69, 9.17) is 9.15 Å². The first-order valence-corrected chi connectivity index (χ1v) is 11.1. The Kier molecular flexibility index (Phi) is 7.64. The summed E-state index contributed by atoms with van der Waals surface area (Å²) < 4.78 is 64.9. The van der Waals surface area contributed by atoms with Gasteiger partial charge >= 0.3 is 6.18 Å². The first-order valence-electron chi connectivity index (χ1n) is 11.1. The first-order chi connectivity index (χ1) is 16.9. The number of halogens is 4. The molecule has 0 N–H and O–H groups in total. The Labute approximate surface area is 199 Å². The minimum absolute atomic E-state index is 0.00419. The average Bonchev–Trinajstić information content (AvgIpc) is 3.52. The largest absolute Gasteiger partial charge is 0.487 e. The van der Waals surface area contributed by atoms with E-state index in [-0.39, 0.29) is 18.1 Å². The van der Waals surface area contributed by atoms with Gasteiger partial charge in [0.1, 0.15) is 30.1 Å². The van der Waals surface area contributed by atoms with E-state index in [1.807, 2.05) is 41.2 Å². The molecule has 0 radical (unpaired) electrons. The summed E-state index contributed by atoms with van der Waals surface area (Å²) in [6.07, 6.45) is 6.33. The van der Waals surface area contributed by atoms with Gasteiger partial charge in [-0.25, -0.2) is 9.37 Å². The molecule has 0 aliphatic heterocycles. The molecule has 35 heavy (non-hydrogen) atoms. The zero-order valence-corrected chi connectivity index (χ0v) is 18.7. The van der Waals surface area contributed by atoms with E-state index in [9.17, 15) is 17.6 Å². The molecule has 9 heteroatoms. The Morgan fingerprint density at radius 2 is 1.86 bits per heavy atom. The molecule has 0 bridgehead atoms. The summed E-state index contributed by atoms with van der Waals surface area (Å²) >= 11 is 0. The SMILES string of the molecule is Fc1cc(C(F)(F)F)ccc1C=Cc1nc(COc2ccc(CCCCn3cccn3)cc2)co1. The Morgan fingerprint density at radius 1 is 1.03 bits per heavy atom. The van der Waals surface area contributed by atoms with Crippen molar-refractivity contribution < 1.29 is 26.7 Å². The molecule has 0 aliphatic carbocycles. The molecule has 5 nitrogen and oxygen atoms in total. The average molecular weight is 485 g/mol. The zero-order valence-electron chi connectivity index (χ0n) is 18.7. The van der Waals surface area contributed by atoms with Crippen molar-refractivity contribution in [3.8, 4) is 5.75 Å². The van der Waals surface area contributed by atoms with Gasteiger partial charge in [-0.15, -0.1) is 0 Å². The highest BCUT2D eigenvalue weighted by Crippen LogP contribution is 2.30. The summed E-state index contributed by atoms with van der Waals surface area (Å²) in [5, 5.41) is 4.19. The molecule has 4 rings (SSSR count). The third-order valence-electron chi connectivity index (χ3n) is 5.27. The Bertz CT molecular complexity index is 1250. The van der Waals surface area contributed by atoms with Crippen LogP contribution in [0.2, 0.25) is 0 Å². The molecule has 2 aromatic heterocycles. The van der Waals surface area contributed by atoms with Crippen LogP contribution in [0.3, 0.4) is 0 Å². The first kappa shape index (κ1) is 24.3. The van der Waals surface area contributed by atoms with Crippen molar-refractivity contribution in [1.82, 2.24) is 14.8 Å². The summed E-state index contributed by atoms with van der Waals surface area (Å²) in [6, 6.07) is 12.1. The van der Waals surface area contributed by atoms with Gasteiger partial charge in [0.15, 0.2) is 0 Å². The van der Waals surface area contributed by atoms with Crippen molar-refractivity contribution in [2.75, 3.05) is 0 Å². The normalized spacial score (nSPS) is 11.9. The lowest BCUT2D eigenvalue weighted by Crippen LogP contribution is -2.05. The number of unbranched alkanes of at least 4 members (excludes halogenated alkanes) is 1. The van der Waals surface area contributed by atoms with E-state index >= 15 is 0 Å². The third-order valence-corrected chi connectivity index (χ3v) is 5.27. The molecule has 0 fully saturated rings. The topological polar surface area (TPSA) is 53.1 Å². The van der Waals surface area contributed by atoms with Crippen LogP contribution >= 0.6 is 0 Å².